The van der Waals surface area contributed by atoms with Gasteiger partial charge < -0.3 is 5.32 Å². The minimum absolute atomic E-state index is 0.194. The second-order valence-electron chi connectivity index (χ2n) is 7.22. The highest BCUT2D eigenvalue weighted by molar-refractivity contribution is 7.92. The van der Waals surface area contributed by atoms with Crippen LogP contribution in [0.1, 0.15) is 32.6 Å². The molecule has 2 N–H and O–H groups in total. The average molecular weight is 409 g/mol. The minimum atomic E-state index is -3.70. The predicted octanol–water partition coefficient (Wildman–Crippen LogP) is 4.97. The summed E-state index contributed by atoms with van der Waals surface area (Å²) in [5.74, 6) is -0.241. The molecule has 0 aliphatic heterocycles. The molecule has 1 amide bonds. The molecule has 0 aliphatic rings. The van der Waals surface area contributed by atoms with E-state index in [1.165, 1.54) is 0 Å². The van der Waals surface area contributed by atoms with Crippen molar-refractivity contribution in [3.8, 4) is 0 Å². The maximum atomic E-state index is 12.6. The van der Waals surface area contributed by atoms with Crippen molar-refractivity contribution in [1.82, 2.24) is 0 Å². The summed E-state index contributed by atoms with van der Waals surface area (Å²) < 4.78 is 27.8. The average Bonchev–Trinajstić information content (AvgIpc) is 2.66. The number of hydrogen-bond donors (Lipinski definition) is 2. The van der Waals surface area contributed by atoms with Gasteiger partial charge in [0, 0.05) is 11.3 Å². The second-order valence-corrected chi connectivity index (χ2v) is 8.90. The Morgan fingerprint density at radius 1 is 0.724 bits per heavy atom. The third-order valence-electron chi connectivity index (χ3n) is 4.71. The lowest BCUT2D eigenvalue weighted by atomic mass is 10.1. The van der Waals surface area contributed by atoms with Crippen molar-refractivity contribution < 1.29 is 13.2 Å². The highest BCUT2D eigenvalue weighted by atomic mass is 32.2. The van der Waals surface area contributed by atoms with Crippen molar-refractivity contribution in [2.75, 3.05) is 10.0 Å². The van der Waals surface area contributed by atoms with Gasteiger partial charge in [0.05, 0.1) is 10.6 Å². The Bertz CT molecular complexity index is 1170. The van der Waals surface area contributed by atoms with E-state index in [1.807, 2.05) is 39.0 Å². The molecular formula is C23H24N2O3S. The molecule has 0 aliphatic carbocycles. The lowest BCUT2D eigenvalue weighted by Crippen LogP contribution is -2.15. The predicted molar refractivity (Wildman–Crippen MR) is 117 cm³/mol. The highest BCUT2D eigenvalue weighted by Crippen LogP contribution is 2.23. The van der Waals surface area contributed by atoms with Crippen LogP contribution in [-0.2, 0) is 10.0 Å². The lowest BCUT2D eigenvalue weighted by molar-refractivity contribution is 0.102. The number of carbonyl (C=O) groups excluding carboxylic acids is 1. The Morgan fingerprint density at radius 3 is 2.03 bits per heavy atom. The van der Waals surface area contributed by atoms with Crippen LogP contribution in [-0.4, -0.2) is 14.3 Å². The zero-order valence-electron chi connectivity index (χ0n) is 16.9. The first kappa shape index (κ1) is 20.6. The number of hydrogen-bond acceptors (Lipinski definition) is 3. The van der Waals surface area contributed by atoms with Crippen LogP contribution in [0, 0.1) is 27.7 Å². The van der Waals surface area contributed by atoms with Crippen LogP contribution in [0.25, 0.3) is 0 Å². The van der Waals surface area contributed by atoms with Crippen LogP contribution >= 0.6 is 0 Å². The molecule has 3 aromatic rings. The summed E-state index contributed by atoms with van der Waals surface area (Å²) in [6, 6.07) is 17.4. The molecule has 6 heteroatoms. The minimum Gasteiger partial charge on any atom is -0.322 e. The van der Waals surface area contributed by atoms with Crippen LogP contribution in [0.3, 0.4) is 0 Å². The molecule has 0 radical (unpaired) electrons. The maximum absolute atomic E-state index is 12.6. The van der Waals surface area contributed by atoms with E-state index in [1.54, 1.807) is 49.4 Å². The number of amides is 1. The summed E-state index contributed by atoms with van der Waals surface area (Å²) in [5, 5.41) is 2.92. The molecule has 5 nitrogen and oxygen atoms in total. The Balaban J connectivity index is 1.80. The monoisotopic (exact) mass is 408 g/mol. The van der Waals surface area contributed by atoms with Gasteiger partial charge in [0.15, 0.2) is 0 Å². The Kier molecular flexibility index (Phi) is 5.75. The molecule has 0 unspecified atom stereocenters. The fourth-order valence-corrected chi connectivity index (χ4v) is 4.04. The van der Waals surface area contributed by atoms with E-state index in [-0.39, 0.29) is 10.8 Å². The fraction of sp³-hybridized carbons (Fsp3) is 0.174. The van der Waals surface area contributed by atoms with E-state index >= 15 is 0 Å². The molecule has 0 atom stereocenters. The molecule has 150 valence electrons. The van der Waals surface area contributed by atoms with Crippen LogP contribution in [0.4, 0.5) is 11.4 Å². The summed E-state index contributed by atoms with van der Waals surface area (Å²) in [6.45, 7) is 7.56. The van der Waals surface area contributed by atoms with Gasteiger partial charge in [-0.05, 0) is 80.8 Å². The largest absolute Gasteiger partial charge is 0.322 e. The highest BCUT2D eigenvalue weighted by Gasteiger charge is 2.16. The Labute approximate surface area is 171 Å². The molecule has 29 heavy (non-hydrogen) atoms. The second kappa shape index (κ2) is 8.09. The van der Waals surface area contributed by atoms with Gasteiger partial charge in [-0.25, -0.2) is 8.42 Å². The summed E-state index contributed by atoms with van der Waals surface area (Å²) in [6.07, 6.45) is 0. The van der Waals surface area contributed by atoms with E-state index in [2.05, 4.69) is 10.0 Å². The van der Waals surface area contributed by atoms with Crippen molar-refractivity contribution >= 4 is 27.3 Å². The first-order valence-corrected chi connectivity index (χ1v) is 10.7. The third-order valence-corrected chi connectivity index (χ3v) is 6.09. The first-order valence-electron chi connectivity index (χ1n) is 9.24. The van der Waals surface area contributed by atoms with Gasteiger partial charge in [0.2, 0.25) is 0 Å². The van der Waals surface area contributed by atoms with E-state index in [0.717, 1.165) is 22.4 Å². The molecule has 0 saturated carbocycles. The molecule has 0 aromatic heterocycles. The van der Waals surface area contributed by atoms with Gasteiger partial charge in [-0.15, -0.1) is 0 Å². The number of benzene rings is 3. The zero-order valence-corrected chi connectivity index (χ0v) is 17.7. The van der Waals surface area contributed by atoms with E-state index in [9.17, 15) is 13.2 Å². The summed E-state index contributed by atoms with van der Waals surface area (Å²) >= 11 is 0. The van der Waals surface area contributed by atoms with Gasteiger partial charge >= 0.3 is 0 Å². The van der Waals surface area contributed by atoms with E-state index in [4.69, 9.17) is 0 Å². The zero-order chi connectivity index (χ0) is 21.2. The molecule has 0 heterocycles. The molecule has 3 rings (SSSR count). The lowest BCUT2D eigenvalue weighted by Gasteiger charge is -2.13. The van der Waals surface area contributed by atoms with Crippen molar-refractivity contribution in [1.29, 1.82) is 0 Å². The number of aryl methyl sites for hydroxylation is 4. The topological polar surface area (TPSA) is 75.3 Å². The standard InChI is InChI=1S/C23H24N2O3S/c1-15-6-10-20(11-7-15)29(27,28)25-21-12-9-19(14-18(21)4)23(26)24-22-13-16(2)5-8-17(22)3/h5-14,25H,1-4H3,(H,24,26). The molecule has 0 spiro atoms. The number of sulfonamides is 1. The van der Waals surface area contributed by atoms with Gasteiger partial charge in [-0.1, -0.05) is 29.8 Å². The molecule has 0 saturated heterocycles. The summed E-state index contributed by atoms with van der Waals surface area (Å²) in [5.41, 5.74) is 5.34. The Morgan fingerprint density at radius 2 is 1.38 bits per heavy atom. The van der Waals surface area contributed by atoms with Crippen LogP contribution in [0.5, 0.6) is 0 Å². The molecule has 0 bridgehead atoms. The van der Waals surface area contributed by atoms with E-state index in [0.29, 0.717) is 16.8 Å². The summed E-state index contributed by atoms with van der Waals surface area (Å²) in [7, 11) is -3.70. The molecule has 3 aromatic carbocycles. The normalized spacial score (nSPS) is 11.2. The number of nitrogens with one attached hydrogen (secondary N) is 2. The van der Waals surface area contributed by atoms with Crippen molar-refractivity contribution in [2.24, 2.45) is 0 Å². The molecular weight excluding hydrogens is 384 g/mol. The Hall–Kier alpha value is -3.12. The van der Waals surface area contributed by atoms with Crippen molar-refractivity contribution in [2.45, 2.75) is 32.6 Å². The van der Waals surface area contributed by atoms with Gasteiger partial charge in [0.25, 0.3) is 15.9 Å². The van der Waals surface area contributed by atoms with E-state index < -0.39 is 10.0 Å². The smallest absolute Gasteiger partial charge is 0.261 e. The quantitative estimate of drug-likeness (QED) is 0.626. The van der Waals surface area contributed by atoms with Gasteiger partial charge in [-0.2, -0.15) is 0 Å². The van der Waals surface area contributed by atoms with Gasteiger partial charge in [0.1, 0.15) is 0 Å². The molecule has 0 fully saturated rings. The van der Waals surface area contributed by atoms with Crippen molar-refractivity contribution in [3.63, 3.8) is 0 Å². The third kappa shape index (κ3) is 4.84. The first-order chi connectivity index (χ1) is 13.7. The van der Waals surface area contributed by atoms with Gasteiger partial charge in [-0.3, -0.25) is 9.52 Å². The van der Waals surface area contributed by atoms with Crippen molar-refractivity contribution in [3.05, 3.63) is 88.5 Å². The fourth-order valence-electron chi connectivity index (χ4n) is 2.91. The van der Waals surface area contributed by atoms with Crippen LogP contribution in [0.2, 0.25) is 0 Å². The summed E-state index contributed by atoms with van der Waals surface area (Å²) in [4.78, 5) is 12.8. The maximum Gasteiger partial charge on any atom is 0.261 e. The number of carbonyl (C=O) groups is 1. The number of rotatable bonds is 5. The SMILES string of the molecule is Cc1ccc(S(=O)(=O)Nc2ccc(C(=O)Nc3cc(C)ccc3C)cc2C)cc1. The van der Waals surface area contributed by atoms with Crippen LogP contribution in [0.15, 0.2) is 65.6 Å². The number of anilines is 2. The van der Waals surface area contributed by atoms with Crippen LogP contribution < -0.4 is 10.0 Å².